The number of alkyl halides is 2. The second-order valence-corrected chi connectivity index (χ2v) is 12.9. The highest BCUT2D eigenvalue weighted by Crippen LogP contribution is 2.38. The number of carbonyl (C=O) groups excluding carboxylic acids is 2. The fourth-order valence-electron chi connectivity index (χ4n) is 4.42. The van der Waals surface area contributed by atoms with Crippen LogP contribution in [0.5, 0.6) is 11.5 Å². The molecule has 0 aliphatic carbocycles. The number of hydrogen-bond donors (Lipinski definition) is 0. The van der Waals surface area contributed by atoms with Crippen molar-refractivity contribution in [1.29, 1.82) is 0 Å². The van der Waals surface area contributed by atoms with Crippen LogP contribution in [0.1, 0.15) is 68.0 Å². The number of Topliss-reactive ketones (excluding diaryl/α,β-unsaturated/α-hetero) is 1. The third-order valence-corrected chi connectivity index (χ3v) is 9.02. The van der Waals surface area contributed by atoms with Crippen molar-refractivity contribution >= 4 is 32.9 Å². The van der Waals surface area contributed by atoms with Gasteiger partial charge in [0.15, 0.2) is 15.6 Å². The molecule has 1 heterocycles. The fraction of sp³-hybridized carbons (Fsp3) is 0.414. The highest BCUT2D eigenvalue weighted by atomic mass is 32.2. The molecule has 0 aliphatic rings. The van der Waals surface area contributed by atoms with E-state index in [1.54, 1.807) is 13.8 Å². The van der Waals surface area contributed by atoms with Crippen molar-refractivity contribution in [3.8, 4) is 11.5 Å². The second-order valence-electron chi connectivity index (χ2n) is 9.44. The van der Waals surface area contributed by atoms with Crippen molar-refractivity contribution in [2.24, 2.45) is 0 Å². The van der Waals surface area contributed by atoms with Crippen molar-refractivity contribution in [2.75, 3.05) is 32.3 Å². The topological polar surface area (TPSA) is 103 Å². The van der Waals surface area contributed by atoms with Gasteiger partial charge in [-0.25, -0.2) is 22.2 Å². The Morgan fingerprint density at radius 2 is 1.71 bits per heavy atom. The molecule has 1 amide bonds. The van der Waals surface area contributed by atoms with Gasteiger partial charge in [-0.15, -0.1) is 11.3 Å². The van der Waals surface area contributed by atoms with E-state index in [2.05, 4.69) is 4.98 Å². The van der Waals surface area contributed by atoms with Crippen LogP contribution < -0.4 is 9.47 Å². The quantitative estimate of drug-likeness (QED) is 0.204. The molecule has 8 nitrogen and oxygen atoms in total. The molecule has 0 saturated carbocycles. The van der Waals surface area contributed by atoms with E-state index in [0.29, 0.717) is 35.7 Å². The number of amides is 1. The van der Waals surface area contributed by atoms with Gasteiger partial charge in [0, 0.05) is 17.0 Å². The molecule has 0 radical (unpaired) electrons. The summed E-state index contributed by atoms with van der Waals surface area (Å²) in [5.74, 6) is -2.09. The molecule has 0 aliphatic heterocycles. The number of sulfone groups is 1. The lowest BCUT2D eigenvalue weighted by molar-refractivity contribution is 0.0739. The maximum absolute atomic E-state index is 13.8. The Hall–Kier alpha value is -3.38. The van der Waals surface area contributed by atoms with E-state index in [9.17, 15) is 26.8 Å². The first-order chi connectivity index (χ1) is 19.5. The molecule has 0 bridgehead atoms. The van der Waals surface area contributed by atoms with Crippen molar-refractivity contribution in [2.45, 2.75) is 46.1 Å². The molecule has 222 valence electrons. The van der Waals surface area contributed by atoms with Crippen molar-refractivity contribution < 1.29 is 36.3 Å². The van der Waals surface area contributed by atoms with Gasteiger partial charge >= 0.3 is 0 Å². The van der Waals surface area contributed by atoms with E-state index in [1.807, 2.05) is 30.3 Å². The van der Waals surface area contributed by atoms with Crippen LogP contribution in [0.2, 0.25) is 0 Å². The van der Waals surface area contributed by atoms with Crippen LogP contribution in [0, 0.1) is 6.92 Å². The van der Waals surface area contributed by atoms with Crippen molar-refractivity contribution in [3.05, 3.63) is 74.7 Å². The smallest absolute Gasteiger partial charge is 0.271 e. The average molecular weight is 609 g/mol. The molecule has 3 rings (SSSR count). The van der Waals surface area contributed by atoms with Crippen LogP contribution in [-0.4, -0.2) is 62.3 Å². The molecule has 12 heteroatoms. The molecule has 2 aromatic carbocycles. The first kappa shape index (κ1) is 32.1. The number of carbonyl (C=O) groups is 2. The van der Waals surface area contributed by atoms with E-state index in [0.717, 1.165) is 5.56 Å². The summed E-state index contributed by atoms with van der Waals surface area (Å²) in [7, 11) is -1.07. The van der Waals surface area contributed by atoms with Gasteiger partial charge in [0.2, 0.25) is 0 Å². The minimum Gasteiger partial charge on any atom is -0.496 e. The molecule has 0 unspecified atom stereocenters. The Bertz CT molecular complexity index is 1430. The normalized spacial score (nSPS) is 11.5. The highest BCUT2D eigenvalue weighted by molar-refractivity contribution is 7.92. The number of ketones is 1. The van der Waals surface area contributed by atoms with Crippen LogP contribution in [0.15, 0.2) is 42.5 Å². The summed E-state index contributed by atoms with van der Waals surface area (Å²) in [5, 5.41) is 0.454. The molecular weight excluding hydrogens is 574 g/mol. The maximum Gasteiger partial charge on any atom is 0.271 e. The number of halogens is 2. The Morgan fingerprint density at radius 1 is 1.07 bits per heavy atom. The van der Waals surface area contributed by atoms with E-state index in [-0.39, 0.29) is 35.1 Å². The lowest BCUT2D eigenvalue weighted by Crippen LogP contribution is -2.32. The summed E-state index contributed by atoms with van der Waals surface area (Å²) in [6, 6.07) is 12.3. The van der Waals surface area contributed by atoms with Crippen LogP contribution in [-0.2, 0) is 22.8 Å². The Morgan fingerprint density at radius 3 is 2.27 bits per heavy atom. The molecule has 41 heavy (non-hydrogen) atoms. The summed E-state index contributed by atoms with van der Waals surface area (Å²) >= 11 is 1.21. The van der Waals surface area contributed by atoms with E-state index in [4.69, 9.17) is 9.47 Å². The van der Waals surface area contributed by atoms with Gasteiger partial charge in [-0.1, -0.05) is 37.3 Å². The van der Waals surface area contributed by atoms with Crippen LogP contribution in [0.4, 0.5) is 8.78 Å². The van der Waals surface area contributed by atoms with Gasteiger partial charge in [0.1, 0.15) is 33.5 Å². The summed E-state index contributed by atoms with van der Waals surface area (Å²) in [5.41, 5.74) is 0.818. The predicted octanol–water partition coefficient (Wildman–Crippen LogP) is 5.69. The number of methoxy groups -OCH3 is 2. The number of aromatic nitrogens is 1. The van der Waals surface area contributed by atoms with Gasteiger partial charge in [-0.2, -0.15) is 0 Å². The first-order valence-corrected chi connectivity index (χ1v) is 15.7. The van der Waals surface area contributed by atoms with Gasteiger partial charge in [0.25, 0.3) is 12.3 Å². The molecule has 3 aromatic rings. The van der Waals surface area contributed by atoms with E-state index >= 15 is 0 Å². The molecule has 1 aromatic heterocycles. The zero-order valence-corrected chi connectivity index (χ0v) is 25.1. The lowest BCUT2D eigenvalue weighted by Gasteiger charge is -2.23. The lowest BCUT2D eigenvalue weighted by atomic mass is 10.1. The second kappa shape index (κ2) is 14.5. The van der Waals surface area contributed by atoms with E-state index in [1.165, 1.54) is 42.6 Å². The SMILES string of the molecule is CCCS(=O)(=O)CC(=O)c1nc(CN(CCCc2ccccc2)C(=O)c2cc(OC)c(C(F)F)c(OC)c2)sc1C. The van der Waals surface area contributed by atoms with E-state index < -0.39 is 39.3 Å². The Kier molecular flexibility index (Phi) is 11.4. The van der Waals surface area contributed by atoms with Crippen LogP contribution >= 0.6 is 11.3 Å². The molecule has 0 spiro atoms. The summed E-state index contributed by atoms with van der Waals surface area (Å²) in [6.45, 7) is 3.75. The first-order valence-electron chi connectivity index (χ1n) is 13.1. The molecule has 0 fully saturated rings. The van der Waals surface area contributed by atoms with Gasteiger partial charge in [-0.05, 0) is 43.9 Å². The minimum absolute atomic E-state index is 0.0371. The number of rotatable bonds is 15. The zero-order valence-electron chi connectivity index (χ0n) is 23.5. The van der Waals surface area contributed by atoms with Crippen LogP contribution in [0.25, 0.3) is 0 Å². The molecule has 0 atom stereocenters. The van der Waals surface area contributed by atoms with Crippen molar-refractivity contribution in [3.63, 3.8) is 0 Å². The maximum atomic E-state index is 13.8. The van der Waals surface area contributed by atoms with Crippen molar-refractivity contribution in [1.82, 2.24) is 9.88 Å². The number of benzene rings is 2. The largest absolute Gasteiger partial charge is 0.496 e. The highest BCUT2D eigenvalue weighted by Gasteiger charge is 2.27. The average Bonchev–Trinajstić information content (AvgIpc) is 3.31. The molecule has 0 saturated heterocycles. The summed E-state index contributed by atoms with van der Waals surface area (Å²) in [6.07, 6.45) is -1.17. The zero-order chi connectivity index (χ0) is 30.2. The van der Waals surface area contributed by atoms with Gasteiger partial charge < -0.3 is 14.4 Å². The fourth-order valence-corrected chi connectivity index (χ4v) is 6.69. The van der Waals surface area contributed by atoms with Crippen LogP contribution in [0.3, 0.4) is 0 Å². The molecule has 0 N–H and O–H groups in total. The standard InChI is InChI=1S/C29H34F2N2O6S2/c1-5-14-41(36,37)18-22(34)27-19(2)40-25(32-27)17-33(13-9-12-20-10-7-6-8-11-20)29(35)21-15-23(38-3)26(28(30)31)24(16-21)39-4/h6-8,10-11,15-16,28H,5,9,12-14,17-18H2,1-4H3. The Labute approximate surface area is 243 Å². The number of ether oxygens (including phenoxy) is 2. The summed E-state index contributed by atoms with van der Waals surface area (Å²) in [4.78, 5) is 33.0. The predicted molar refractivity (Wildman–Crippen MR) is 154 cm³/mol. The number of thiazole rings is 1. The minimum atomic E-state index is -3.55. The third kappa shape index (κ3) is 8.56. The summed E-state index contributed by atoms with van der Waals surface area (Å²) < 4.78 is 62.1. The third-order valence-electron chi connectivity index (χ3n) is 6.33. The van der Waals surface area contributed by atoms with Gasteiger partial charge in [0.05, 0.1) is 26.5 Å². The van der Waals surface area contributed by atoms with Gasteiger partial charge in [-0.3, -0.25) is 9.59 Å². The monoisotopic (exact) mass is 608 g/mol. The Balaban J connectivity index is 1.91. The number of aryl methyl sites for hydroxylation is 2. The number of nitrogens with zero attached hydrogens (tertiary/aromatic N) is 2. The number of hydrogen-bond acceptors (Lipinski definition) is 8. The molecular formula is C29H34F2N2O6S2.